The number of rotatable bonds is 12. The Kier molecular flexibility index (Phi) is 8.30. The van der Waals surface area contributed by atoms with Crippen molar-refractivity contribution in [3.05, 3.63) is 76.9 Å². The molecule has 9 nitrogen and oxygen atoms in total. The topological polar surface area (TPSA) is 111 Å². The van der Waals surface area contributed by atoms with Crippen LogP contribution in [0, 0.1) is 6.92 Å². The zero-order chi connectivity index (χ0) is 29.1. The summed E-state index contributed by atoms with van der Waals surface area (Å²) in [5, 5.41) is 11.5. The maximum atomic E-state index is 13.7. The van der Waals surface area contributed by atoms with Gasteiger partial charge in [-0.05, 0) is 68.3 Å². The van der Waals surface area contributed by atoms with Gasteiger partial charge in [0.05, 0.1) is 42.2 Å². The molecule has 1 aliphatic heterocycles. The largest absolute Gasteiger partial charge is 0.503 e. The Hall–Kier alpha value is -4.31. The van der Waals surface area contributed by atoms with Crippen molar-refractivity contribution in [1.29, 1.82) is 0 Å². The highest BCUT2D eigenvalue weighted by Crippen LogP contribution is 2.46. The van der Waals surface area contributed by atoms with Crippen LogP contribution in [0.25, 0.3) is 10.2 Å². The van der Waals surface area contributed by atoms with Crippen LogP contribution in [0.1, 0.15) is 61.0 Å². The predicted octanol–water partition coefficient (Wildman–Crippen LogP) is 6.96. The first kappa shape index (κ1) is 28.2. The van der Waals surface area contributed by atoms with Gasteiger partial charge in [0.2, 0.25) is 5.78 Å². The third-order valence-corrected chi connectivity index (χ3v) is 7.81. The Morgan fingerprint density at radius 2 is 1.90 bits per heavy atom. The number of aliphatic hydroxyl groups is 1. The molecule has 0 saturated carbocycles. The molecule has 1 atom stereocenters. The number of fused-ring (bicyclic) bond motifs is 1. The van der Waals surface area contributed by atoms with Gasteiger partial charge in [0.25, 0.3) is 5.91 Å². The minimum Gasteiger partial charge on any atom is -0.503 e. The summed E-state index contributed by atoms with van der Waals surface area (Å²) in [4.78, 5) is 33.4. The standard InChI is InChI=1S/C31H32N2O7S/c1-5-7-8-15-39-22-14-10-19(16-24(22)38-6-2)27-26(28(34)23-13-9-18(3)40-23)29(35)30(36)33(27)31-32-21-12-11-20(37-4)17-25(21)41-31/h9-14,16-17,27,35H,5-8,15H2,1-4H3. The van der Waals surface area contributed by atoms with Crippen LogP contribution in [0.15, 0.2) is 64.3 Å². The summed E-state index contributed by atoms with van der Waals surface area (Å²) in [6.07, 6.45) is 3.04. The second-order valence-electron chi connectivity index (χ2n) is 9.60. The second-order valence-corrected chi connectivity index (χ2v) is 10.6. The number of nitrogens with zero attached hydrogens (tertiary/aromatic N) is 2. The van der Waals surface area contributed by atoms with Crippen molar-refractivity contribution in [2.24, 2.45) is 0 Å². The number of aliphatic hydroxyl groups excluding tert-OH is 1. The highest BCUT2D eigenvalue weighted by molar-refractivity contribution is 7.22. The number of methoxy groups -OCH3 is 1. The highest BCUT2D eigenvalue weighted by Gasteiger charge is 2.46. The van der Waals surface area contributed by atoms with Crippen LogP contribution >= 0.6 is 11.3 Å². The molecule has 3 heterocycles. The second kappa shape index (κ2) is 12.1. The first-order valence-electron chi connectivity index (χ1n) is 13.6. The Labute approximate surface area is 242 Å². The normalized spacial score (nSPS) is 15.2. The molecule has 0 fully saturated rings. The average molecular weight is 577 g/mol. The van der Waals surface area contributed by atoms with Crippen LogP contribution in [-0.4, -0.2) is 42.1 Å². The Bertz CT molecular complexity index is 1620. The van der Waals surface area contributed by atoms with E-state index in [-0.39, 0.29) is 11.3 Å². The van der Waals surface area contributed by atoms with Gasteiger partial charge in [-0.3, -0.25) is 14.5 Å². The van der Waals surface area contributed by atoms with Crippen LogP contribution in [0.4, 0.5) is 5.13 Å². The van der Waals surface area contributed by atoms with Gasteiger partial charge in [0, 0.05) is 0 Å². The summed E-state index contributed by atoms with van der Waals surface area (Å²) < 4.78 is 23.6. The third kappa shape index (κ3) is 5.52. The molecule has 214 valence electrons. The van der Waals surface area contributed by atoms with E-state index in [0.29, 0.717) is 52.4 Å². The van der Waals surface area contributed by atoms with E-state index in [1.807, 2.05) is 13.0 Å². The molecule has 1 N–H and O–H groups in total. The lowest BCUT2D eigenvalue weighted by Crippen LogP contribution is -2.31. The van der Waals surface area contributed by atoms with Gasteiger partial charge in [-0.2, -0.15) is 0 Å². The molecule has 0 bridgehead atoms. The smallest absolute Gasteiger partial charge is 0.296 e. The molecule has 1 aliphatic rings. The maximum absolute atomic E-state index is 13.7. The molecule has 5 rings (SSSR count). The van der Waals surface area contributed by atoms with Gasteiger partial charge in [0.1, 0.15) is 11.5 Å². The minimum atomic E-state index is -0.990. The number of amides is 1. The highest BCUT2D eigenvalue weighted by atomic mass is 32.1. The first-order valence-corrected chi connectivity index (χ1v) is 14.4. The molecule has 2 aromatic carbocycles. The molecule has 41 heavy (non-hydrogen) atoms. The quantitative estimate of drug-likeness (QED) is 0.142. The number of Topliss-reactive ketones (excluding diaryl/α,β-unsaturated/α-hetero) is 1. The van der Waals surface area contributed by atoms with E-state index in [2.05, 4.69) is 11.9 Å². The fourth-order valence-corrected chi connectivity index (χ4v) is 5.80. The lowest BCUT2D eigenvalue weighted by Gasteiger charge is -2.25. The fourth-order valence-electron chi connectivity index (χ4n) is 4.78. The molecule has 0 aliphatic carbocycles. The van der Waals surface area contributed by atoms with Gasteiger partial charge >= 0.3 is 0 Å². The van der Waals surface area contributed by atoms with Crippen molar-refractivity contribution in [2.45, 2.75) is 46.1 Å². The molecular formula is C31H32N2O7S. The summed E-state index contributed by atoms with van der Waals surface area (Å²) in [5.74, 6) is 0.296. The SMILES string of the molecule is CCCCCOc1ccc(C2C(C(=O)c3ccc(C)o3)=C(O)C(=O)N2c2nc3ccc(OC)cc3s2)cc1OCC. The summed E-state index contributed by atoms with van der Waals surface area (Å²) in [7, 11) is 1.58. The summed E-state index contributed by atoms with van der Waals surface area (Å²) in [5.41, 5.74) is 1.11. The van der Waals surface area contributed by atoms with Crippen LogP contribution in [0.2, 0.25) is 0 Å². The summed E-state index contributed by atoms with van der Waals surface area (Å²) >= 11 is 1.26. The van der Waals surface area contributed by atoms with Crippen LogP contribution in [0.3, 0.4) is 0 Å². The van der Waals surface area contributed by atoms with Crippen molar-refractivity contribution in [3.8, 4) is 17.2 Å². The Morgan fingerprint density at radius 3 is 2.61 bits per heavy atom. The first-order chi connectivity index (χ1) is 19.9. The lowest BCUT2D eigenvalue weighted by atomic mass is 9.95. The lowest BCUT2D eigenvalue weighted by molar-refractivity contribution is -0.117. The number of aromatic nitrogens is 1. The summed E-state index contributed by atoms with van der Waals surface area (Å²) in [6.45, 7) is 6.65. The molecule has 4 aromatic rings. The number of thiazole rings is 1. The van der Waals surface area contributed by atoms with Crippen molar-refractivity contribution < 1.29 is 33.3 Å². The van der Waals surface area contributed by atoms with Crippen molar-refractivity contribution >= 4 is 38.4 Å². The fraction of sp³-hybridized carbons (Fsp3) is 0.323. The summed E-state index contributed by atoms with van der Waals surface area (Å²) in [6, 6.07) is 12.9. The van der Waals surface area contributed by atoms with E-state index >= 15 is 0 Å². The molecular weight excluding hydrogens is 544 g/mol. The average Bonchev–Trinajstić information content (AvgIpc) is 3.66. The monoisotopic (exact) mass is 576 g/mol. The number of ketones is 1. The van der Waals surface area contributed by atoms with E-state index in [1.165, 1.54) is 22.3 Å². The molecule has 0 saturated heterocycles. The van der Waals surface area contributed by atoms with Gasteiger partial charge in [0.15, 0.2) is 28.1 Å². The van der Waals surface area contributed by atoms with E-state index < -0.39 is 23.5 Å². The molecule has 0 radical (unpaired) electrons. The Morgan fingerprint density at radius 1 is 1.07 bits per heavy atom. The number of hydrogen-bond donors (Lipinski definition) is 1. The number of aryl methyl sites for hydroxylation is 1. The minimum absolute atomic E-state index is 0.0265. The van der Waals surface area contributed by atoms with Gasteiger partial charge in [-0.15, -0.1) is 0 Å². The number of carbonyl (C=O) groups excluding carboxylic acids is 2. The zero-order valence-corrected chi connectivity index (χ0v) is 24.2. The van der Waals surface area contributed by atoms with Crippen LogP contribution < -0.4 is 19.1 Å². The van der Waals surface area contributed by atoms with Crippen molar-refractivity contribution in [2.75, 3.05) is 25.2 Å². The number of furan rings is 1. The van der Waals surface area contributed by atoms with Crippen LogP contribution in [0.5, 0.6) is 17.2 Å². The predicted molar refractivity (Wildman–Crippen MR) is 156 cm³/mol. The number of unbranched alkanes of at least 4 members (excludes halogenated alkanes) is 2. The van der Waals surface area contributed by atoms with E-state index in [0.717, 1.165) is 24.0 Å². The number of ether oxygens (including phenoxy) is 3. The van der Waals surface area contributed by atoms with E-state index in [1.54, 1.807) is 50.4 Å². The number of carbonyl (C=O) groups is 2. The Balaban J connectivity index is 1.61. The van der Waals surface area contributed by atoms with Gasteiger partial charge in [-0.25, -0.2) is 4.98 Å². The molecule has 1 unspecified atom stereocenters. The number of hydrogen-bond acceptors (Lipinski definition) is 9. The van der Waals surface area contributed by atoms with E-state index in [4.69, 9.17) is 18.6 Å². The van der Waals surface area contributed by atoms with Crippen molar-refractivity contribution in [1.82, 2.24) is 4.98 Å². The zero-order valence-electron chi connectivity index (χ0n) is 23.4. The van der Waals surface area contributed by atoms with Crippen LogP contribution in [-0.2, 0) is 4.79 Å². The molecule has 1 amide bonds. The molecule has 10 heteroatoms. The number of anilines is 1. The molecule has 0 spiro atoms. The van der Waals surface area contributed by atoms with E-state index in [9.17, 15) is 14.7 Å². The number of benzene rings is 2. The van der Waals surface area contributed by atoms with Gasteiger partial charge in [-0.1, -0.05) is 37.2 Å². The van der Waals surface area contributed by atoms with Gasteiger partial charge < -0.3 is 23.7 Å². The molecule has 2 aromatic heterocycles. The maximum Gasteiger partial charge on any atom is 0.296 e. The third-order valence-electron chi connectivity index (χ3n) is 6.80. The van der Waals surface area contributed by atoms with Crippen molar-refractivity contribution in [3.63, 3.8) is 0 Å².